The monoisotopic (exact) mass is 262 g/mol. The van der Waals surface area contributed by atoms with E-state index in [4.69, 9.17) is 4.74 Å². The molecule has 1 aliphatic rings. The van der Waals surface area contributed by atoms with Gasteiger partial charge in [-0.15, -0.1) is 0 Å². The van der Waals surface area contributed by atoms with Gasteiger partial charge in [0.15, 0.2) is 0 Å². The summed E-state index contributed by atoms with van der Waals surface area (Å²) in [4.78, 5) is 18.1. The van der Waals surface area contributed by atoms with Crippen molar-refractivity contribution in [1.82, 2.24) is 9.88 Å². The van der Waals surface area contributed by atoms with E-state index >= 15 is 0 Å². The van der Waals surface area contributed by atoms with Gasteiger partial charge in [-0.05, 0) is 44.7 Å². The number of hydrogen-bond donors (Lipinski definition) is 0. The van der Waals surface area contributed by atoms with E-state index in [9.17, 15) is 4.79 Å². The predicted octanol–water partition coefficient (Wildman–Crippen LogP) is 2.64. The van der Waals surface area contributed by atoms with Gasteiger partial charge in [0, 0.05) is 25.2 Å². The van der Waals surface area contributed by atoms with Gasteiger partial charge in [0.1, 0.15) is 5.75 Å². The van der Waals surface area contributed by atoms with Crippen LogP contribution < -0.4 is 4.74 Å². The lowest BCUT2D eigenvalue weighted by atomic mass is 10.0. The number of piperidine rings is 1. The second-order valence-corrected chi connectivity index (χ2v) is 5.07. The Balaban J connectivity index is 1.66. The van der Waals surface area contributed by atoms with Gasteiger partial charge < -0.3 is 9.64 Å². The predicted molar refractivity (Wildman–Crippen MR) is 74.0 cm³/mol. The first-order valence-corrected chi connectivity index (χ1v) is 7.09. The molecule has 0 radical (unpaired) electrons. The van der Waals surface area contributed by atoms with Crippen LogP contribution in [-0.2, 0) is 4.79 Å². The van der Waals surface area contributed by atoms with Gasteiger partial charge in [-0.1, -0.05) is 0 Å². The van der Waals surface area contributed by atoms with Crippen LogP contribution in [0.5, 0.6) is 5.75 Å². The Kier molecular flexibility index (Phi) is 5.19. The summed E-state index contributed by atoms with van der Waals surface area (Å²) in [6, 6.07) is 4.12. The maximum atomic E-state index is 12.1. The minimum Gasteiger partial charge on any atom is -0.492 e. The molecule has 0 aromatic carbocycles. The van der Waals surface area contributed by atoms with E-state index < -0.39 is 0 Å². The molecule has 1 saturated heterocycles. The Hall–Kier alpha value is -1.58. The van der Waals surface area contributed by atoms with Gasteiger partial charge in [-0.25, -0.2) is 0 Å². The zero-order valence-corrected chi connectivity index (χ0v) is 11.5. The van der Waals surface area contributed by atoms with Crippen LogP contribution in [0.1, 0.15) is 39.0 Å². The van der Waals surface area contributed by atoms with Crippen LogP contribution in [0.3, 0.4) is 0 Å². The third-order valence-corrected chi connectivity index (χ3v) is 3.56. The molecule has 1 aromatic rings. The topological polar surface area (TPSA) is 42.4 Å². The summed E-state index contributed by atoms with van der Waals surface area (Å²) in [7, 11) is 0. The van der Waals surface area contributed by atoms with E-state index in [1.165, 1.54) is 6.42 Å². The SMILES string of the molecule is CC1CCCCN1C(=O)CCCOc1cccnc1. The molecule has 1 amide bonds. The van der Waals surface area contributed by atoms with Gasteiger partial charge in [-0.2, -0.15) is 0 Å². The van der Waals surface area contributed by atoms with Crippen molar-refractivity contribution >= 4 is 5.91 Å². The van der Waals surface area contributed by atoms with Gasteiger partial charge in [0.05, 0.1) is 12.8 Å². The number of carbonyl (C=O) groups is 1. The molecule has 1 fully saturated rings. The highest BCUT2D eigenvalue weighted by atomic mass is 16.5. The number of aromatic nitrogens is 1. The minimum absolute atomic E-state index is 0.266. The number of pyridine rings is 1. The molecule has 1 aliphatic heterocycles. The number of likely N-dealkylation sites (tertiary alicyclic amines) is 1. The highest BCUT2D eigenvalue weighted by molar-refractivity contribution is 5.76. The summed E-state index contributed by atoms with van der Waals surface area (Å²) in [5.41, 5.74) is 0. The van der Waals surface area contributed by atoms with Gasteiger partial charge in [0.25, 0.3) is 0 Å². The first kappa shape index (κ1) is 13.8. The van der Waals surface area contributed by atoms with Crippen molar-refractivity contribution in [2.75, 3.05) is 13.2 Å². The number of amides is 1. The van der Waals surface area contributed by atoms with Crippen LogP contribution in [0.15, 0.2) is 24.5 Å². The van der Waals surface area contributed by atoms with Crippen molar-refractivity contribution in [3.05, 3.63) is 24.5 Å². The molecule has 0 bridgehead atoms. The normalized spacial score (nSPS) is 19.2. The molecule has 1 aromatic heterocycles. The molecule has 104 valence electrons. The van der Waals surface area contributed by atoms with Crippen molar-refractivity contribution in [3.63, 3.8) is 0 Å². The Morgan fingerprint density at radius 1 is 1.53 bits per heavy atom. The smallest absolute Gasteiger partial charge is 0.222 e. The zero-order chi connectivity index (χ0) is 13.5. The van der Waals surface area contributed by atoms with E-state index in [1.807, 2.05) is 17.0 Å². The fourth-order valence-electron chi connectivity index (χ4n) is 2.46. The third-order valence-electron chi connectivity index (χ3n) is 3.56. The van der Waals surface area contributed by atoms with E-state index in [0.29, 0.717) is 19.1 Å². The van der Waals surface area contributed by atoms with Crippen molar-refractivity contribution in [2.45, 2.75) is 45.1 Å². The van der Waals surface area contributed by atoms with Crippen molar-refractivity contribution in [1.29, 1.82) is 0 Å². The number of rotatable bonds is 5. The summed E-state index contributed by atoms with van der Waals surface area (Å²) >= 11 is 0. The maximum absolute atomic E-state index is 12.1. The lowest BCUT2D eigenvalue weighted by Gasteiger charge is -2.33. The van der Waals surface area contributed by atoms with Crippen LogP contribution in [0.25, 0.3) is 0 Å². The second-order valence-electron chi connectivity index (χ2n) is 5.07. The molecule has 4 nitrogen and oxygen atoms in total. The Labute approximate surface area is 114 Å². The summed E-state index contributed by atoms with van der Waals surface area (Å²) in [5.74, 6) is 1.03. The molecular formula is C15H22N2O2. The van der Waals surface area contributed by atoms with Crippen LogP contribution in [0.2, 0.25) is 0 Å². The van der Waals surface area contributed by atoms with E-state index in [-0.39, 0.29) is 5.91 Å². The molecule has 19 heavy (non-hydrogen) atoms. The molecule has 0 N–H and O–H groups in total. The summed E-state index contributed by atoms with van der Waals surface area (Å²) in [6.45, 7) is 3.63. The lowest BCUT2D eigenvalue weighted by molar-refractivity contribution is -0.134. The molecule has 0 spiro atoms. The van der Waals surface area contributed by atoms with Crippen LogP contribution in [0, 0.1) is 0 Å². The highest BCUT2D eigenvalue weighted by Gasteiger charge is 2.22. The highest BCUT2D eigenvalue weighted by Crippen LogP contribution is 2.17. The average molecular weight is 262 g/mol. The standard InChI is InChI=1S/C15H22N2O2/c1-13-6-2-3-10-17(13)15(18)8-5-11-19-14-7-4-9-16-12-14/h4,7,9,12-13H,2-3,5-6,8,10-11H2,1H3. The second kappa shape index (κ2) is 7.12. The summed E-state index contributed by atoms with van der Waals surface area (Å²) in [6.07, 6.45) is 8.26. The van der Waals surface area contributed by atoms with Crippen LogP contribution >= 0.6 is 0 Å². The molecule has 2 rings (SSSR count). The van der Waals surface area contributed by atoms with Crippen LogP contribution in [0.4, 0.5) is 0 Å². The van der Waals surface area contributed by atoms with E-state index in [1.54, 1.807) is 12.4 Å². The summed E-state index contributed by atoms with van der Waals surface area (Å²) < 4.78 is 5.54. The number of hydrogen-bond acceptors (Lipinski definition) is 3. The van der Waals surface area contributed by atoms with Gasteiger partial charge >= 0.3 is 0 Å². The fourth-order valence-corrected chi connectivity index (χ4v) is 2.46. The zero-order valence-electron chi connectivity index (χ0n) is 11.5. The molecule has 2 heterocycles. The molecule has 1 atom stereocenters. The van der Waals surface area contributed by atoms with Gasteiger partial charge in [-0.3, -0.25) is 9.78 Å². The average Bonchev–Trinajstić information content (AvgIpc) is 2.45. The molecule has 4 heteroatoms. The number of ether oxygens (including phenoxy) is 1. The van der Waals surface area contributed by atoms with Crippen molar-refractivity contribution < 1.29 is 9.53 Å². The molecular weight excluding hydrogens is 240 g/mol. The van der Waals surface area contributed by atoms with Crippen LogP contribution in [-0.4, -0.2) is 35.0 Å². The molecule has 0 saturated carbocycles. The number of nitrogens with zero attached hydrogens (tertiary/aromatic N) is 2. The van der Waals surface area contributed by atoms with E-state index in [0.717, 1.165) is 31.6 Å². The van der Waals surface area contributed by atoms with E-state index in [2.05, 4.69) is 11.9 Å². The van der Waals surface area contributed by atoms with Gasteiger partial charge in [0.2, 0.25) is 5.91 Å². The molecule has 0 aliphatic carbocycles. The lowest BCUT2D eigenvalue weighted by Crippen LogP contribution is -2.42. The largest absolute Gasteiger partial charge is 0.492 e. The first-order chi connectivity index (χ1) is 9.27. The quantitative estimate of drug-likeness (QED) is 0.766. The first-order valence-electron chi connectivity index (χ1n) is 7.09. The van der Waals surface area contributed by atoms with Crippen molar-refractivity contribution in [2.24, 2.45) is 0 Å². The number of carbonyl (C=O) groups excluding carboxylic acids is 1. The van der Waals surface area contributed by atoms with Crippen molar-refractivity contribution in [3.8, 4) is 5.75 Å². The Morgan fingerprint density at radius 3 is 3.16 bits per heavy atom. The minimum atomic E-state index is 0.266. The maximum Gasteiger partial charge on any atom is 0.222 e. The fraction of sp³-hybridized carbons (Fsp3) is 0.600. The third kappa shape index (κ3) is 4.23. The Morgan fingerprint density at radius 2 is 2.42 bits per heavy atom. The molecule has 1 unspecified atom stereocenters. The Bertz CT molecular complexity index is 394. The summed E-state index contributed by atoms with van der Waals surface area (Å²) in [5, 5.41) is 0.